The molecular weight excluding hydrogens is 342 g/mol. The fourth-order valence-electron chi connectivity index (χ4n) is 2.35. The van der Waals surface area contributed by atoms with Gasteiger partial charge in [0.2, 0.25) is 10.0 Å². The molecule has 1 aromatic rings. The van der Waals surface area contributed by atoms with Crippen LogP contribution < -0.4 is 0 Å². The molecule has 0 unspecified atom stereocenters. The van der Waals surface area contributed by atoms with Gasteiger partial charge >= 0.3 is 0 Å². The van der Waals surface area contributed by atoms with E-state index in [0.717, 1.165) is 12.8 Å². The molecule has 0 spiro atoms. The highest BCUT2D eigenvalue weighted by atomic mass is 79.9. The first-order chi connectivity index (χ1) is 9.48. The molecule has 20 heavy (non-hydrogen) atoms. The number of sulfonamides is 1. The number of aliphatic hydroxyl groups is 1. The lowest BCUT2D eigenvalue weighted by Crippen LogP contribution is -2.37. The van der Waals surface area contributed by atoms with Gasteiger partial charge in [-0.15, -0.1) is 0 Å². The zero-order valence-corrected chi connectivity index (χ0v) is 14.0. The highest BCUT2D eigenvalue weighted by molar-refractivity contribution is 9.10. The molecule has 0 amide bonds. The van der Waals surface area contributed by atoms with Crippen LogP contribution in [0.4, 0.5) is 0 Å². The van der Waals surface area contributed by atoms with Gasteiger partial charge in [-0.2, -0.15) is 4.31 Å². The smallest absolute Gasteiger partial charge is 0.244 e. The van der Waals surface area contributed by atoms with E-state index in [1.54, 1.807) is 22.5 Å². The molecule has 0 radical (unpaired) electrons. The molecule has 0 atom stereocenters. The van der Waals surface area contributed by atoms with Crippen molar-refractivity contribution in [3.8, 4) is 0 Å². The molecule has 1 aromatic carbocycles. The summed E-state index contributed by atoms with van der Waals surface area (Å²) in [6.45, 7) is 2.85. The standard InChI is InChI=1S/C14H20BrNO3S/c1-2-16(9-11-4-3-5-11)20(18,19)14-7-6-12(10-17)8-13(14)15/h6-8,11,17H,2-5,9-10H2,1H3. The van der Waals surface area contributed by atoms with Crippen molar-refractivity contribution in [3.63, 3.8) is 0 Å². The molecule has 0 aromatic heterocycles. The Kier molecular flexibility index (Phi) is 5.23. The van der Waals surface area contributed by atoms with Crippen LogP contribution in [0, 0.1) is 5.92 Å². The Labute approximate surface area is 129 Å². The molecule has 112 valence electrons. The largest absolute Gasteiger partial charge is 0.392 e. The third-order valence-electron chi connectivity index (χ3n) is 3.84. The monoisotopic (exact) mass is 361 g/mol. The van der Waals surface area contributed by atoms with E-state index in [4.69, 9.17) is 5.11 Å². The Bertz CT molecular complexity index is 570. The lowest BCUT2D eigenvalue weighted by Gasteiger charge is -2.31. The van der Waals surface area contributed by atoms with Gasteiger partial charge in [0.15, 0.2) is 0 Å². The second-order valence-corrected chi connectivity index (χ2v) is 7.94. The molecule has 4 nitrogen and oxygen atoms in total. The molecule has 0 saturated heterocycles. The van der Waals surface area contributed by atoms with Crippen molar-refractivity contribution in [2.75, 3.05) is 13.1 Å². The molecule has 2 rings (SSSR count). The molecule has 1 fully saturated rings. The van der Waals surface area contributed by atoms with Crippen molar-refractivity contribution in [2.45, 2.75) is 37.7 Å². The van der Waals surface area contributed by atoms with Crippen molar-refractivity contribution < 1.29 is 13.5 Å². The minimum absolute atomic E-state index is 0.0987. The van der Waals surface area contributed by atoms with E-state index in [1.165, 1.54) is 6.42 Å². The van der Waals surface area contributed by atoms with Gasteiger partial charge in [0.05, 0.1) is 11.5 Å². The lowest BCUT2D eigenvalue weighted by molar-refractivity contribution is 0.250. The first-order valence-corrected chi connectivity index (χ1v) is 9.11. The Morgan fingerprint density at radius 2 is 2.10 bits per heavy atom. The van der Waals surface area contributed by atoms with E-state index >= 15 is 0 Å². The highest BCUT2D eigenvalue weighted by Crippen LogP contribution is 2.31. The molecule has 1 N–H and O–H groups in total. The second-order valence-electron chi connectivity index (χ2n) is 5.18. The third kappa shape index (κ3) is 3.24. The summed E-state index contributed by atoms with van der Waals surface area (Å²) in [5.74, 6) is 0.500. The quantitative estimate of drug-likeness (QED) is 0.847. The summed E-state index contributed by atoms with van der Waals surface area (Å²) in [6, 6.07) is 4.87. The van der Waals surface area contributed by atoms with Gasteiger partial charge in [-0.05, 0) is 52.4 Å². The normalized spacial score (nSPS) is 16.4. The van der Waals surface area contributed by atoms with Crippen LogP contribution in [-0.2, 0) is 16.6 Å². The maximum Gasteiger partial charge on any atom is 0.244 e. The SMILES string of the molecule is CCN(CC1CCC1)S(=O)(=O)c1ccc(CO)cc1Br. The van der Waals surface area contributed by atoms with E-state index in [1.807, 2.05) is 6.92 Å². The average molecular weight is 362 g/mol. The molecule has 1 aliphatic carbocycles. The molecule has 1 aliphatic rings. The van der Waals surface area contributed by atoms with E-state index in [9.17, 15) is 8.42 Å². The number of halogens is 1. The highest BCUT2D eigenvalue weighted by Gasteiger charge is 2.29. The van der Waals surface area contributed by atoms with Crippen LogP contribution in [-0.4, -0.2) is 30.9 Å². The van der Waals surface area contributed by atoms with E-state index < -0.39 is 10.0 Å². The predicted octanol–water partition coefficient (Wildman–Crippen LogP) is 2.75. The zero-order valence-electron chi connectivity index (χ0n) is 11.5. The summed E-state index contributed by atoms with van der Waals surface area (Å²) < 4.78 is 27.4. The van der Waals surface area contributed by atoms with Gasteiger partial charge in [0.1, 0.15) is 0 Å². The zero-order chi connectivity index (χ0) is 14.8. The van der Waals surface area contributed by atoms with Gasteiger partial charge < -0.3 is 5.11 Å². The Balaban J connectivity index is 2.27. The van der Waals surface area contributed by atoms with Crippen LogP contribution in [0.15, 0.2) is 27.6 Å². The molecule has 1 saturated carbocycles. The molecule has 0 bridgehead atoms. The van der Waals surface area contributed by atoms with Crippen molar-refractivity contribution >= 4 is 26.0 Å². The van der Waals surface area contributed by atoms with Crippen LogP contribution in [0.2, 0.25) is 0 Å². The number of aliphatic hydroxyl groups excluding tert-OH is 1. The minimum Gasteiger partial charge on any atom is -0.392 e. The first-order valence-electron chi connectivity index (χ1n) is 6.88. The van der Waals surface area contributed by atoms with Crippen LogP contribution >= 0.6 is 15.9 Å². The summed E-state index contributed by atoms with van der Waals surface area (Å²) in [6.07, 6.45) is 3.45. The fraction of sp³-hybridized carbons (Fsp3) is 0.571. The van der Waals surface area contributed by atoms with Crippen LogP contribution in [0.1, 0.15) is 31.7 Å². The number of hydrogen-bond acceptors (Lipinski definition) is 3. The fourth-order valence-corrected chi connectivity index (χ4v) is 4.96. The van der Waals surface area contributed by atoms with Gasteiger partial charge in [0.25, 0.3) is 0 Å². The molecular formula is C14H20BrNO3S. The van der Waals surface area contributed by atoms with Gasteiger partial charge in [-0.3, -0.25) is 0 Å². The Hall–Kier alpha value is -0.430. The summed E-state index contributed by atoms with van der Waals surface area (Å²) >= 11 is 3.30. The summed E-state index contributed by atoms with van der Waals surface area (Å²) in [4.78, 5) is 0.274. The summed E-state index contributed by atoms with van der Waals surface area (Å²) in [5.41, 5.74) is 0.692. The maximum atomic E-state index is 12.7. The van der Waals surface area contributed by atoms with Crippen LogP contribution in [0.25, 0.3) is 0 Å². The number of hydrogen-bond donors (Lipinski definition) is 1. The minimum atomic E-state index is -3.47. The van der Waals surface area contributed by atoms with Crippen molar-refractivity contribution in [2.24, 2.45) is 5.92 Å². The van der Waals surface area contributed by atoms with Gasteiger partial charge in [-0.25, -0.2) is 8.42 Å². The average Bonchev–Trinajstić information content (AvgIpc) is 2.36. The summed E-state index contributed by atoms with van der Waals surface area (Å²) in [7, 11) is -3.47. The number of rotatable bonds is 6. The van der Waals surface area contributed by atoms with E-state index in [-0.39, 0.29) is 11.5 Å². The molecule has 0 heterocycles. The lowest BCUT2D eigenvalue weighted by atomic mass is 9.85. The summed E-state index contributed by atoms with van der Waals surface area (Å²) in [5, 5.41) is 9.09. The molecule has 6 heteroatoms. The second kappa shape index (κ2) is 6.56. The van der Waals surface area contributed by atoms with Crippen LogP contribution in [0.5, 0.6) is 0 Å². The number of nitrogens with zero attached hydrogens (tertiary/aromatic N) is 1. The van der Waals surface area contributed by atoms with E-state index in [0.29, 0.717) is 29.0 Å². The van der Waals surface area contributed by atoms with Crippen LogP contribution in [0.3, 0.4) is 0 Å². The maximum absolute atomic E-state index is 12.7. The van der Waals surface area contributed by atoms with Crippen molar-refractivity contribution in [1.29, 1.82) is 0 Å². The topological polar surface area (TPSA) is 57.6 Å². The van der Waals surface area contributed by atoms with Gasteiger partial charge in [0, 0.05) is 17.6 Å². The van der Waals surface area contributed by atoms with Gasteiger partial charge in [-0.1, -0.05) is 19.4 Å². The predicted molar refractivity (Wildman–Crippen MR) is 81.8 cm³/mol. The Morgan fingerprint density at radius 1 is 1.40 bits per heavy atom. The Morgan fingerprint density at radius 3 is 2.55 bits per heavy atom. The van der Waals surface area contributed by atoms with Crippen molar-refractivity contribution in [1.82, 2.24) is 4.31 Å². The molecule has 0 aliphatic heterocycles. The number of benzene rings is 1. The third-order valence-corrected chi connectivity index (χ3v) is 6.75. The first kappa shape index (κ1) is 15.9. The van der Waals surface area contributed by atoms with E-state index in [2.05, 4.69) is 15.9 Å². The van der Waals surface area contributed by atoms with Crippen molar-refractivity contribution in [3.05, 3.63) is 28.2 Å².